The third-order valence-electron chi connectivity index (χ3n) is 3.34. The van der Waals surface area contributed by atoms with Crippen LogP contribution in [-0.4, -0.2) is 9.97 Å². The molecule has 112 valence electrons. The van der Waals surface area contributed by atoms with Crippen LogP contribution in [-0.2, 0) is 19.1 Å². The van der Waals surface area contributed by atoms with Crippen LogP contribution in [0, 0.1) is 13.8 Å². The summed E-state index contributed by atoms with van der Waals surface area (Å²) in [4.78, 5) is 8.53. The minimum Gasteiger partial charge on any atom is -0.326 e. The molecule has 0 amide bonds. The predicted molar refractivity (Wildman–Crippen MR) is 73.6 cm³/mol. The molecule has 2 rings (SSSR count). The summed E-state index contributed by atoms with van der Waals surface area (Å²) in [5.74, 6) is 0.374. The lowest BCUT2D eigenvalue weighted by molar-refractivity contribution is -0.138. The summed E-state index contributed by atoms with van der Waals surface area (Å²) in [6.07, 6.45) is -4.33. The van der Waals surface area contributed by atoms with Crippen molar-refractivity contribution in [1.29, 1.82) is 0 Å². The molecule has 0 saturated heterocycles. The first-order valence-electron chi connectivity index (χ1n) is 6.51. The van der Waals surface area contributed by atoms with Crippen molar-refractivity contribution in [3.05, 3.63) is 58.2 Å². The molecule has 0 saturated carbocycles. The van der Waals surface area contributed by atoms with Crippen LogP contribution in [0.4, 0.5) is 13.2 Å². The zero-order chi connectivity index (χ0) is 15.6. The fraction of sp³-hybridized carbons (Fsp3) is 0.333. The van der Waals surface area contributed by atoms with Crippen molar-refractivity contribution in [2.45, 2.75) is 33.0 Å². The van der Waals surface area contributed by atoms with E-state index in [1.165, 1.54) is 12.1 Å². The van der Waals surface area contributed by atoms with Crippen LogP contribution >= 0.6 is 0 Å². The molecule has 0 aliphatic carbocycles. The topological polar surface area (TPSA) is 51.8 Å². The Bertz CT molecular complexity index is 628. The molecule has 6 heteroatoms. The Kier molecular flexibility index (Phi) is 4.27. The predicted octanol–water partition coefficient (Wildman–Crippen LogP) is 3.16. The first kappa shape index (κ1) is 15.4. The number of hydrogen-bond acceptors (Lipinski definition) is 3. The maximum absolute atomic E-state index is 13.0. The van der Waals surface area contributed by atoms with E-state index < -0.39 is 11.7 Å². The molecule has 3 nitrogen and oxygen atoms in total. The molecule has 0 aliphatic heterocycles. The number of halogens is 3. The lowest BCUT2D eigenvalue weighted by Crippen LogP contribution is -2.12. The molecule has 1 heterocycles. The van der Waals surface area contributed by atoms with E-state index in [-0.39, 0.29) is 12.0 Å². The summed E-state index contributed by atoms with van der Waals surface area (Å²) in [5, 5.41) is 0. The Labute approximate surface area is 121 Å². The second-order valence-corrected chi connectivity index (χ2v) is 4.83. The van der Waals surface area contributed by atoms with E-state index in [9.17, 15) is 13.2 Å². The minimum absolute atomic E-state index is 0.0439. The number of nitrogens with zero attached hydrogens (tertiary/aromatic N) is 2. The molecule has 1 aromatic heterocycles. The monoisotopic (exact) mass is 295 g/mol. The van der Waals surface area contributed by atoms with Crippen molar-refractivity contribution < 1.29 is 13.2 Å². The van der Waals surface area contributed by atoms with Gasteiger partial charge in [0.05, 0.1) is 5.56 Å². The molecule has 0 unspecified atom stereocenters. The van der Waals surface area contributed by atoms with Crippen molar-refractivity contribution in [1.82, 2.24) is 9.97 Å². The van der Waals surface area contributed by atoms with Crippen molar-refractivity contribution in [2.75, 3.05) is 0 Å². The summed E-state index contributed by atoms with van der Waals surface area (Å²) in [5.41, 5.74) is 7.39. The Morgan fingerprint density at radius 3 is 2.14 bits per heavy atom. The van der Waals surface area contributed by atoms with E-state index in [0.717, 1.165) is 11.6 Å². The maximum atomic E-state index is 13.0. The average Bonchev–Trinajstić information content (AvgIpc) is 2.37. The lowest BCUT2D eigenvalue weighted by Gasteiger charge is -2.13. The summed E-state index contributed by atoms with van der Waals surface area (Å²) in [6, 6.07) is 5.48. The number of aryl methyl sites for hydroxylation is 2. The molecule has 1 aromatic carbocycles. The van der Waals surface area contributed by atoms with E-state index in [4.69, 9.17) is 5.73 Å². The van der Waals surface area contributed by atoms with Crippen LogP contribution in [0.5, 0.6) is 0 Å². The van der Waals surface area contributed by atoms with Crippen molar-refractivity contribution in [3.63, 3.8) is 0 Å². The number of nitrogens with two attached hydrogens (primary N) is 1. The van der Waals surface area contributed by atoms with Gasteiger partial charge in [0.15, 0.2) is 0 Å². The van der Waals surface area contributed by atoms with E-state index >= 15 is 0 Å². The zero-order valence-corrected chi connectivity index (χ0v) is 11.8. The number of aromatic nitrogens is 2. The Balaban J connectivity index is 2.40. The van der Waals surface area contributed by atoms with Crippen molar-refractivity contribution in [2.24, 2.45) is 5.73 Å². The van der Waals surface area contributed by atoms with Gasteiger partial charge in [-0.05, 0) is 25.5 Å². The van der Waals surface area contributed by atoms with E-state index in [0.29, 0.717) is 23.8 Å². The normalized spacial score (nSPS) is 11.7. The van der Waals surface area contributed by atoms with Crippen LogP contribution < -0.4 is 5.73 Å². The van der Waals surface area contributed by atoms with Crippen LogP contribution in [0.15, 0.2) is 24.3 Å². The molecule has 0 bridgehead atoms. The molecule has 0 aliphatic rings. The van der Waals surface area contributed by atoms with E-state index in [2.05, 4.69) is 9.97 Å². The fourth-order valence-corrected chi connectivity index (χ4v) is 2.30. The first-order valence-corrected chi connectivity index (χ1v) is 6.51. The SMILES string of the molecule is Cc1nc(Cc2ccccc2C(F)(F)F)nc(C)c1CN. The Hall–Kier alpha value is -1.95. The highest BCUT2D eigenvalue weighted by atomic mass is 19.4. The molecule has 2 N–H and O–H groups in total. The second-order valence-electron chi connectivity index (χ2n) is 4.83. The van der Waals surface area contributed by atoms with Gasteiger partial charge in [0, 0.05) is 29.9 Å². The van der Waals surface area contributed by atoms with Crippen LogP contribution in [0.2, 0.25) is 0 Å². The van der Waals surface area contributed by atoms with E-state index in [1.54, 1.807) is 19.9 Å². The number of alkyl halides is 3. The van der Waals surface area contributed by atoms with Crippen molar-refractivity contribution in [3.8, 4) is 0 Å². The third-order valence-corrected chi connectivity index (χ3v) is 3.34. The zero-order valence-electron chi connectivity index (χ0n) is 11.8. The Morgan fingerprint density at radius 2 is 1.62 bits per heavy atom. The number of rotatable bonds is 3. The maximum Gasteiger partial charge on any atom is 0.416 e. The molecular formula is C15H16F3N3. The van der Waals surface area contributed by atoms with Crippen LogP contribution in [0.25, 0.3) is 0 Å². The molecule has 21 heavy (non-hydrogen) atoms. The summed E-state index contributed by atoms with van der Waals surface area (Å²) >= 11 is 0. The molecular weight excluding hydrogens is 279 g/mol. The molecule has 0 spiro atoms. The molecule has 0 fully saturated rings. The average molecular weight is 295 g/mol. The van der Waals surface area contributed by atoms with Crippen molar-refractivity contribution >= 4 is 0 Å². The van der Waals surface area contributed by atoms with Gasteiger partial charge in [0.1, 0.15) is 5.82 Å². The summed E-state index contributed by atoms with van der Waals surface area (Å²) in [7, 11) is 0. The van der Waals surface area contributed by atoms with Gasteiger partial charge in [-0.1, -0.05) is 18.2 Å². The van der Waals surface area contributed by atoms with Gasteiger partial charge in [-0.2, -0.15) is 13.2 Å². The van der Waals surface area contributed by atoms with Gasteiger partial charge in [-0.3, -0.25) is 0 Å². The van der Waals surface area contributed by atoms with Gasteiger partial charge < -0.3 is 5.73 Å². The standard InChI is InChI=1S/C15H16F3N3/c1-9-12(8-19)10(2)21-14(20-9)7-11-5-3-4-6-13(11)15(16,17)18/h3-6H,7-8,19H2,1-2H3. The van der Waals surface area contributed by atoms with Crippen LogP contribution in [0.1, 0.15) is 33.9 Å². The molecule has 0 radical (unpaired) electrons. The number of hydrogen-bond donors (Lipinski definition) is 1. The fourth-order valence-electron chi connectivity index (χ4n) is 2.30. The van der Waals surface area contributed by atoms with Gasteiger partial charge >= 0.3 is 6.18 Å². The minimum atomic E-state index is -4.38. The highest BCUT2D eigenvalue weighted by Crippen LogP contribution is 2.32. The third kappa shape index (κ3) is 3.39. The van der Waals surface area contributed by atoms with Crippen LogP contribution in [0.3, 0.4) is 0 Å². The largest absolute Gasteiger partial charge is 0.416 e. The van der Waals surface area contributed by atoms with Gasteiger partial charge in [-0.25, -0.2) is 9.97 Å². The molecule has 2 aromatic rings. The Morgan fingerprint density at radius 1 is 1.05 bits per heavy atom. The van der Waals surface area contributed by atoms with Gasteiger partial charge in [0.25, 0.3) is 0 Å². The summed E-state index contributed by atoms with van der Waals surface area (Å²) in [6.45, 7) is 3.89. The van der Waals surface area contributed by atoms with Gasteiger partial charge in [-0.15, -0.1) is 0 Å². The highest BCUT2D eigenvalue weighted by Gasteiger charge is 2.33. The quantitative estimate of drug-likeness (QED) is 0.946. The highest BCUT2D eigenvalue weighted by molar-refractivity contribution is 5.33. The smallest absolute Gasteiger partial charge is 0.326 e. The lowest BCUT2D eigenvalue weighted by atomic mass is 10.0. The van der Waals surface area contributed by atoms with Gasteiger partial charge in [0.2, 0.25) is 0 Å². The van der Waals surface area contributed by atoms with E-state index in [1.807, 2.05) is 0 Å². The molecule has 0 atom stereocenters. The summed E-state index contributed by atoms with van der Waals surface area (Å²) < 4.78 is 38.9. The second kappa shape index (κ2) is 5.81. The first-order chi connectivity index (χ1) is 9.82. The number of benzene rings is 1.